The molecule has 0 saturated carbocycles. The van der Waals surface area contributed by atoms with Crippen LogP contribution in [0.2, 0.25) is 0 Å². The van der Waals surface area contributed by atoms with Crippen molar-refractivity contribution in [3.8, 4) is 0 Å². The molecule has 0 aromatic carbocycles. The number of halogens is 1. The van der Waals surface area contributed by atoms with Crippen molar-refractivity contribution in [2.45, 2.75) is 26.8 Å². The lowest BCUT2D eigenvalue weighted by molar-refractivity contribution is -0.128. The van der Waals surface area contributed by atoms with Gasteiger partial charge in [-0.1, -0.05) is 6.07 Å². The van der Waals surface area contributed by atoms with Gasteiger partial charge in [0.2, 0.25) is 5.91 Å². The Labute approximate surface area is 181 Å². The lowest BCUT2D eigenvalue weighted by Crippen LogP contribution is -2.43. The van der Waals surface area contributed by atoms with E-state index in [2.05, 4.69) is 32.5 Å². The first kappa shape index (κ1) is 23.3. The van der Waals surface area contributed by atoms with Gasteiger partial charge in [0.05, 0.1) is 18.8 Å². The van der Waals surface area contributed by atoms with Crippen LogP contribution >= 0.6 is 35.3 Å². The molecule has 0 atom stereocenters. The van der Waals surface area contributed by atoms with Crippen LogP contribution in [-0.2, 0) is 17.8 Å². The third-order valence-corrected chi connectivity index (χ3v) is 5.04. The summed E-state index contributed by atoms with van der Waals surface area (Å²) in [6, 6.07) is 5.80. The maximum Gasteiger partial charge on any atom is 0.241 e. The molecule has 2 heterocycles. The first-order chi connectivity index (χ1) is 12.5. The van der Waals surface area contributed by atoms with Crippen molar-refractivity contribution >= 4 is 47.2 Å². The number of hydrogen-bond acceptors (Lipinski definition) is 5. The van der Waals surface area contributed by atoms with Crippen molar-refractivity contribution < 1.29 is 4.79 Å². The summed E-state index contributed by atoms with van der Waals surface area (Å²) in [4.78, 5) is 28.1. The molecule has 2 rings (SSSR count). The number of nitrogens with zero attached hydrogens (tertiary/aromatic N) is 4. The number of amides is 1. The minimum absolute atomic E-state index is 0. The molecule has 2 aromatic rings. The maximum absolute atomic E-state index is 12.3. The Morgan fingerprint density at radius 1 is 1.30 bits per heavy atom. The average Bonchev–Trinajstić information content (AvgIpc) is 2.98. The summed E-state index contributed by atoms with van der Waals surface area (Å²) >= 11 is 1.66. The van der Waals surface area contributed by atoms with Crippen molar-refractivity contribution in [3.63, 3.8) is 0 Å². The number of carbonyl (C=O) groups excluding carboxylic acids is 1. The molecular weight excluding hydrogens is 475 g/mol. The second-order valence-electron chi connectivity index (χ2n) is 5.91. The number of guanidine groups is 1. The van der Waals surface area contributed by atoms with Gasteiger partial charge in [-0.25, -0.2) is 4.98 Å². The summed E-state index contributed by atoms with van der Waals surface area (Å²) in [7, 11) is 3.48. The summed E-state index contributed by atoms with van der Waals surface area (Å²) in [5.74, 6) is 0.590. The number of aryl methyl sites for hydroxylation is 2. The van der Waals surface area contributed by atoms with Crippen LogP contribution in [0.3, 0.4) is 0 Å². The van der Waals surface area contributed by atoms with Gasteiger partial charge in [-0.2, -0.15) is 0 Å². The predicted octanol–water partition coefficient (Wildman–Crippen LogP) is 2.14. The fourth-order valence-corrected chi connectivity index (χ4v) is 3.12. The van der Waals surface area contributed by atoms with Crippen molar-refractivity contribution in [3.05, 3.63) is 45.7 Å². The van der Waals surface area contributed by atoms with Gasteiger partial charge in [0.1, 0.15) is 5.01 Å². The van der Waals surface area contributed by atoms with Crippen LogP contribution in [0.25, 0.3) is 0 Å². The van der Waals surface area contributed by atoms with Crippen molar-refractivity contribution in [2.75, 3.05) is 27.2 Å². The second kappa shape index (κ2) is 11.9. The number of rotatable bonds is 7. The van der Waals surface area contributed by atoms with Crippen LogP contribution in [0.15, 0.2) is 29.4 Å². The fraction of sp³-hybridized carbons (Fsp3) is 0.444. The van der Waals surface area contributed by atoms with Crippen molar-refractivity contribution in [1.82, 2.24) is 25.5 Å². The highest BCUT2D eigenvalue weighted by Crippen LogP contribution is 2.15. The van der Waals surface area contributed by atoms with Gasteiger partial charge in [-0.3, -0.25) is 14.8 Å². The monoisotopic (exact) mass is 502 g/mol. The van der Waals surface area contributed by atoms with E-state index in [-0.39, 0.29) is 36.4 Å². The van der Waals surface area contributed by atoms with E-state index in [9.17, 15) is 4.79 Å². The lowest BCUT2D eigenvalue weighted by atomic mass is 10.2. The largest absolute Gasteiger partial charge is 0.350 e. The highest BCUT2D eigenvalue weighted by atomic mass is 127. The first-order valence-corrected chi connectivity index (χ1v) is 9.32. The standard InChI is InChI=1S/C18H26N6OS.HI/c1-13-14(2)26-16(23-13)11-21-18(19-3)22-12-17(25)24(4)10-8-15-7-5-6-9-20-15;/h5-7,9H,8,10-12H2,1-4H3,(H2,19,21,22);1H. The molecule has 0 aliphatic heterocycles. The molecule has 0 saturated heterocycles. The zero-order valence-electron chi connectivity index (χ0n) is 16.2. The molecule has 0 bridgehead atoms. The number of nitrogens with one attached hydrogen (secondary N) is 2. The van der Waals surface area contributed by atoms with E-state index in [0.29, 0.717) is 19.0 Å². The van der Waals surface area contributed by atoms with E-state index in [0.717, 1.165) is 22.8 Å². The Morgan fingerprint density at radius 2 is 2.07 bits per heavy atom. The minimum atomic E-state index is 0. The molecule has 0 aliphatic carbocycles. The molecule has 27 heavy (non-hydrogen) atoms. The van der Waals surface area contributed by atoms with Crippen molar-refractivity contribution in [2.24, 2.45) is 4.99 Å². The number of pyridine rings is 1. The maximum atomic E-state index is 12.3. The predicted molar refractivity (Wildman–Crippen MR) is 121 cm³/mol. The van der Waals surface area contributed by atoms with Crippen LogP contribution in [-0.4, -0.2) is 53.9 Å². The van der Waals surface area contributed by atoms with Crippen molar-refractivity contribution in [1.29, 1.82) is 0 Å². The Bertz CT molecular complexity index is 730. The van der Waals surface area contributed by atoms with Gasteiger partial charge in [0.15, 0.2) is 5.96 Å². The number of hydrogen-bond donors (Lipinski definition) is 2. The zero-order chi connectivity index (χ0) is 18.9. The first-order valence-electron chi connectivity index (χ1n) is 8.51. The summed E-state index contributed by atoms with van der Waals surface area (Å²) in [5.41, 5.74) is 2.03. The molecule has 2 aromatic heterocycles. The number of aromatic nitrogens is 2. The van der Waals surface area contributed by atoms with E-state index in [1.165, 1.54) is 4.88 Å². The third-order valence-electron chi connectivity index (χ3n) is 3.97. The summed E-state index contributed by atoms with van der Waals surface area (Å²) in [6.07, 6.45) is 2.50. The molecule has 148 valence electrons. The minimum Gasteiger partial charge on any atom is -0.350 e. The SMILES string of the molecule is CN=C(NCC(=O)N(C)CCc1ccccn1)NCc1nc(C)c(C)s1.I. The number of carbonyl (C=O) groups is 1. The Balaban J connectivity index is 0.00000364. The fourth-order valence-electron chi connectivity index (χ4n) is 2.24. The summed E-state index contributed by atoms with van der Waals surface area (Å²) < 4.78 is 0. The van der Waals surface area contributed by atoms with Crippen LogP contribution in [0.5, 0.6) is 0 Å². The van der Waals surface area contributed by atoms with Gasteiger partial charge >= 0.3 is 0 Å². The Morgan fingerprint density at radius 3 is 2.67 bits per heavy atom. The number of aliphatic imine (C=N–C) groups is 1. The van der Waals surface area contributed by atoms with E-state index in [1.54, 1.807) is 36.5 Å². The van der Waals surface area contributed by atoms with Gasteiger partial charge in [-0.15, -0.1) is 35.3 Å². The molecule has 0 aliphatic rings. The van der Waals surface area contributed by atoms with E-state index in [1.807, 2.05) is 25.1 Å². The molecule has 0 spiro atoms. The van der Waals surface area contributed by atoms with Gasteiger partial charge in [0, 0.05) is 43.8 Å². The topological polar surface area (TPSA) is 82.5 Å². The molecule has 0 unspecified atom stereocenters. The van der Waals surface area contributed by atoms with E-state index < -0.39 is 0 Å². The number of likely N-dealkylation sites (N-methyl/N-ethyl adjacent to an activating group) is 1. The van der Waals surface area contributed by atoms with Gasteiger partial charge in [0.25, 0.3) is 0 Å². The highest BCUT2D eigenvalue weighted by Gasteiger charge is 2.10. The third kappa shape index (κ3) is 7.79. The summed E-state index contributed by atoms with van der Waals surface area (Å²) in [6.45, 7) is 5.46. The molecule has 0 radical (unpaired) electrons. The van der Waals surface area contributed by atoms with Gasteiger partial charge < -0.3 is 15.5 Å². The van der Waals surface area contributed by atoms with E-state index in [4.69, 9.17) is 0 Å². The molecule has 9 heteroatoms. The average molecular weight is 502 g/mol. The molecule has 0 fully saturated rings. The Kier molecular flexibility index (Phi) is 10.2. The number of thiazole rings is 1. The molecule has 1 amide bonds. The molecular formula is C18H27IN6OS. The zero-order valence-corrected chi connectivity index (χ0v) is 19.3. The Hall–Kier alpha value is -1.75. The second-order valence-corrected chi connectivity index (χ2v) is 7.20. The summed E-state index contributed by atoms with van der Waals surface area (Å²) in [5, 5.41) is 7.23. The normalized spacial score (nSPS) is 10.9. The van der Waals surface area contributed by atoms with E-state index >= 15 is 0 Å². The van der Waals surface area contributed by atoms with Gasteiger partial charge in [-0.05, 0) is 26.0 Å². The lowest BCUT2D eigenvalue weighted by Gasteiger charge is -2.18. The molecule has 7 nitrogen and oxygen atoms in total. The van der Waals surface area contributed by atoms with Crippen LogP contribution < -0.4 is 10.6 Å². The molecule has 2 N–H and O–H groups in total. The van der Waals surface area contributed by atoms with Crippen LogP contribution in [0, 0.1) is 13.8 Å². The van der Waals surface area contributed by atoms with Crippen LogP contribution in [0.1, 0.15) is 21.3 Å². The highest BCUT2D eigenvalue weighted by molar-refractivity contribution is 14.0. The quantitative estimate of drug-likeness (QED) is 0.345. The smallest absolute Gasteiger partial charge is 0.241 e. The van der Waals surface area contributed by atoms with Crippen LogP contribution in [0.4, 0.5) is 0 Å².